The molecule has 1 aromatic carbocycles. The van der Waals surface area contributed by atoms with Crippen LogP contribution in [0.25, 0.3) is 0 Å². The molecule has 1 unspecified atom stereocenters. The molecule has 1 aliphatic rings. The van der Waals surface area contributed by atoms with Gasteiger partial charge in [-0.2, -0.15) is 0 Å². The minimum Gasteiger partial charge on any atom is -0.352 e. The van der Waals surface area contributed by atoms with Crippen LogP contribution in [0.4, 0.5) is 0 Å². The van der Waals surface area contributed by atoms with E-state index in [1.165, 1.54) is 12.0 Å². The van der Waals surface area contributed by atoms with Crippen molar-refractivity contribution in [2.45, 2.75) is 19.8 Å². The van der Waals surface area contributed by atoms with Gasteiger partial charge in [0.15, 0.2) is 0 Å². The summed E-state index contributed by atoms with van der Waals surface area (Å²) in [5, 5.41) is 3.05. The molecule has 110 valence electrons. The fourth-order valence-corrected chi connectivity index (χ4v) is 2.70. The normalized spacial score (nSPS) is 19.2. The zero-order valence-electron chi connectivity index (χ0n) is 12.3. The minimum absolute atomic E-state index is 0.0271. The van der Waals surface area contributed by atoms with E-state index >= 15 is 0 Å². The molecule has 0 bridgehead atoms. The second-order valence-electron chi connectivity index (χ2n) is 5.49. The maximum Gasteiger partial charge on any atom is 0.251 e. The maximum atomic E-state index is 12.1. The largest absolute Gasteiger partial charge is 0.352 e. The van der Waals surface area contributed by atoms with Gasteiger partial charge in [-0.1, -0.05) is 19.1 Å². The first-order valence-corrected chi connectivity index (χ1v) is 7.52. The lowest BCUT2D eigenvalue weighted by atomic mass is 10.1. The molecule has 1 atom stereocenters. The van der Waals surface area contributed by atoms with E-state index in [-0.39, 0.29) is 5.91 Å². The van der Waals surface area contributed by atoms with Gasteiger partial charge in [0.25, 0.3) is 5.91 Å². The van der Waals surface area contributed by atoms with Crippen LogP contribution in [0, 0.1) is 5.92 Å². The molecule has 20 heavy (non-hydrogen) atoms. The van der Waals surface area contributed by atoms with E-state index in [0.717, 1.165) is 38.2 Å². The van der Waals surface area contributed by atoms with E-state index < -0.39 is 0 Å². The van der Waals surface area contributed by atoms with E-state index in [1.54, 1.807) is 0 Å². The van der Waals surface area contributed by atoms with Gasteiger partial charge >= 0.3 is 0 Å². The first kappa shape index (κ1) is 15.0. The van der Waals surface area contributed by atoms with Crippen LogP contribution in [0.5, 0.6) is 0 Å². The van der Waals surface area contributed by atoms with E-state index in [2.05, 4.69) is 17.1 Å². The summed E-state index contributed by atoms with van der Waals surface area (Å²) in [6.45, 7) is 6.97. The number of nitrogens with two attached hydrogens (primary N) is 1. The molecule has 0 saturated carbocycles. The molecule has 1 aromatic rings. The standard InChI is InChI=1S/C16H25N3O/c1-2-19-10-8-14(12-19)11-18-16(20)15-5-3-13(4-6-15)7-9-17/h3-6,14H,2,7-12,17H2,1H3,(H,18,20). The molecule has 0 aromatic heterocycles. The average molecular weight is 275 g/mol. The number of rotatable bonds is 6. The van der Waals surface area contributed by atoms with Crippen LogP contribution in [0.1, 0.15) is 29.3 Å². The highest BCUT2D eigenvalue weighted by Gasteiger charge is 2.21. The highest BCUT2D eigenvalue weighted by molar-refractivity contribution is 5.94. The lowest BCUT2D eigenvalue weighted by Gasteiger charge is -2.13. The molecule has 0 spiro atoms. The zero-order valence-corrected chi connectivity index (χ0v) is 12.3. The Hall–Kier alpha value is -1.39. The lowest BCUT2D eigenvalue weighted by Crippen LogP contribution is -2.31. The van der Waals surface area contributed by atoms with Crippen LogP contribution in [-0.2, 0) is 6.42 Å². The quantitative estimate of drug-likeness (QED) is 0.822. The Morgan fingerprint density at radius 2 is 2.15 bits per heavy atom. The van der Waals surface area contributed by atoms with Crippen LogP contribution < -0.4 is 11.1 Å². The Bertz CT molecular complexity index is 430. The van der Waals surface area contributed by atoms with Crippen molar-refractivity contribution < 1.29 is 4.79 Å². The smallest absolute Gasteiger partial charge is 0.251 e. The van der Waals surface area contributed by atoms with Crippen LogP contribution in [-0.4, -0.2) is 43.5 Å². The number of carbonyl (C=O) groups excluding carboxylic acids is 1. The number of benzene rings is 1. The maximum absolute atomic E-state index is 12.1. The van der Waals surface area contributed by atoms with Gasteiger partial charge < -0.3 is 16.0 Å². The summed E-state index contributed by atoms with van der Waals surface area (Å²) in [4.78, 5) is 14.5. The molecule has 1 fully saturated rings. The van der Waals surface area contributed by atoms with E-state index in [1.807, 2.05) is 24.3 Å². The average Bonchev–Trinajstić information content (AvgIpc) is 2.94. The second-order valence-corrected chi connectivity index (χ2v) is 5.49. The molecule has 4 heteroatoms. The van der Waals surface area contributed by atoms with Gasteiger partial charge in [0, 0.05) is 18.7 Å². The molecular formula is C16H25N3O. The molecule has 0 aliphatic carbocycles. The van der Waals surface area contributed by atoms with Crippen LogP contribution >= 0.6 is 0 Å². The summed E-state index contributed by atoms with van der Waals surface area (Å²) in [7, 11) is 0. The number of likely N-dealkylation sites (tertiary alicyclic amines) is 1. The summed E-state index contributed by atoms with van der Waals surface area (Å²) in [6.07, 6.45) is 2.04. The van der Waals surface area contributed by atoms with Crippen LogP contribution in [0.3, 0.4) is 0 Å². The van der Waals surface area contributed by atoms with Gasteiger partial charge in [0.1, 0.15) is 0 Å². The van der Waals surface area contributed by atoms with Crippen LogP contribution in [0.15, 0.2) is 24.3 Å². The summed E-state index contributed by atoms with van der Waals surface area (Å²) < 4.78 is 0. The van der Waals surface area contributed by atoms with Crippen molar-refractivity contribution in [3.05, 3.63) is 35.4 Å². The number of hydrogen-bond acceptors (Lipinski definition) is 3. The van der Waals surface area contributed by atoms with E-state index in [9.17, 15) is 4.79 Å². The fraction of sp³-hybridized carbons (Fsp3) is 0.562. The Labute approximate surface area is 121 Å². The highest BCUT2D eigenvalue weighted by Crippen LogP contribution is 2.14. The molecule has 1 saturated heterocycles. The number of nitrogens with one attached hydrogen (secondary N) is 1. The molecule has 4 nitrogen and oxygen atoms in total. The van der Waals surface area contributed by atoms with Crippen LogP contribution in [0.2, 0.25) is 0 Å². The van der Waals surface area contributed by atoms with Gasteiger partial charge in [-0.15, -0.1) is 0 Å². The summed E-state index contributed by atoms with van der Waals surface area (Å²) in [5.41, 5.74) is 7.43. The van der Waals surface area contributed by atoms with Crippen molar-refractivity contribution in [2.75, 3.05) is 32.7 Å². The monoisotopic (exact) mass is 275 g/mol. The molecular weight excluding hydrogens is 250 g/mol. The molecule has 1 heterocycles. The number of amides is 1. The molecule has 3 N–H and O–H groups in total. The third-order valence-corrected chi connectivity index (χ3v) is 4.02. The number of nitrogens with zero attached hydrogens (tertiary/aromatic N) is 1. The molecule has 2 rings (SSSR count). The van der Waals surface area contributed by atoms with E-state index in [0.29, 0.717) is 12.5 Å². The van der Waals surface area contributed by atoms with Gasteiger partial charge in [0.2, 0.25) is 0 Å². The third kappa shape index (κ3) is 4.05. The zero-order chi connectivity index (χ0) is 14.4. The molecule has 1 amide bonds. The number of hydrogen-bond donors (Lipinski definition) is 2. The second kappa shape index (κ2) is 7.41. The Balaban J connectivity index is 1.79. The summed E-state index contributed by atoms with van der Waals surface area (Å²) in [5.74, 6) is 0.620. The van der Waals surface area contributed by atoms with Crippen molar-refractivity contribution in [2.24, 2.45) is 11.7 Å². The highest BCUT2D eigenvalue weighted by atomic mass is 16.1. The minimum atomic E-state index is 0.0271. The predicted molar refractivity (Wildman–Crippen MR) is 81.8 cm³/mol. The van der Waals surface area contributed by atoms with Crippen molar-refractivity contribution in [1.29, 1.82) is 0 Å². The Kier molecular flexibility index (Phi) is 5.56. The third-order valence-electron chi connectivity index (χ3n) is 4.02. The van der Waals surface area contributed by atoms with Gasteiger partial charge in [0.05, 0.1) is 0 Å². The Morgan fingerprint density at radius 3 is 2.75 bits per heavy atom. The first-order valence-electron chi connectivity index (χ1n) is 7.52. The van der Waals surface area contributed by atoms with Gasteiger partial charge in [-0.25, -0.2) is 0 Å². The van der Waals surface area contributed by atoms with E-state index in [4.69, 9.17) is 5.73 Å². The van der Waals surface area contributed by atoms with Crippen molar-refractivity contribution >= 4 is 5.91 Å². The van der Waals surface area contributed by atoms with Crippen molar-refractivity contribution in [1.82, 2.24) is 10.2 Å². The van der Waals surface area contributed by atoms with Gasteiger partial charge in [-0.05, 0) is 56.1 Å². The summed E-state index contributed by atoms with van der Waals surface area (Å²) >= 11 is 0. The lowest BCUT2D eigenvalue weighted by molar-refractivity contribution is 0.0947. The Morgan fingerprint density at radius 1 is 1.40 bits per heavy atom. The topological polar surface area (TPSA) is 58.4 Å². The molecule has 1 aliphatic heterocycles. The van der Waals surface area contributed by atoms with Crippen molar-refractivity contribution in [3.8, 4) is 0 Å². The fourth-order valence-electron chi connectivity index (χ4n) is 2.70. The summed E-state index contributed by atoms with van der Waals surface area (Å²) in [6, 6.07) is 7.73. The first-order chi connectivity index (χ1) is 9.72. The predicted octanol–water partition coefficient (Wildman–Crippen LogP) is 1.26. The SMILES string of the molecule is CCN1CCC(CNC(=O)c2ccc(CCN)cc2)C1. The van der Waals surface area contributed by atoms with Crippen molar-refractivity contribution in [3.63, 3.8) is 0 Å². The molecule has 0 radical (unpaired) electrons. The number of carbonyl (C=O) groups is 1. The van der Waals surface area contributed by atoms with Gasteiger partial charge in [-0.3, -0.25) is 4.79 Å².